The van der Waals surface area contributed by atoms with Crippen LogP contribution in [0.1, 0.15) is 37.6 Å². The van der Waals surface area contributed by atoms with E-state index < -0.39 is 0 Å². The van der Waals surface area contributed by atoms with Crippen LogP contribution in [0.5, 0.6) is 0 Å². The minimum Gasteiger partial charge on any atom is -0.459 e. The van der Waals surface area contributed by atoms with Crippen LogP contribution in [-0.2, 0) is 0 Å². The van der Waals surface area contributed by atoms with E-state index in [4.69, 9.17) is 16.0 Å². The molecule has 0 fully saturated rings. The number of hydrogen-bond acceptors (Lipinski definition) is 2. The summed E-state index contributed by atoms with van der Waals surface area (Å²) in [6.07, 6.45) is 1.01. The first-order valence-corrected chi connectivity index (χ1v) is 7.13. The third-order valence-corrected chi connectivity index (χ3v) is 3.52. The molecule has 2 nitrogen and oxygen atoms in total. The molecule has 102 valence electrons. The monoisotopic (exact) mass is 277 g/mol. The summed E-state index contributed by atoms with van der Waals surface area (Å²) in [5.74, 6) is 1.90. The molecule has 1 unspecified atom stereocenters. The van der Waals surface area contributed by atoms with E-state index in [9.17, 15) is 0 Å². The molecule has 0 saturated heterocycles. The molecular weight excluding hydrogens is 258 g/mol. The first-order valence-electron chi connectivity index (χ1n) is 6.75. The van der Waals surface area contributed by atoms with Crippen molar-refractivity contribution in [1.82, 2.24) is 5.32 Å². The fourth-order valence-electron chi connectivity index (χ4n) is 2.28. The second-order valence-electron chi connectivity index (χ2n) is 4.68. The third-order valence-electron chi connectivity index (χ3n) is 3.28. The van der Waals surface area contributed by atoms with Crippen LogP contribution in [0.25, 0.3) is 11.3 Å². The molecule has 0 radical (unpaired) electrons. The first-order chi connectivity index (χ1) is 9.15. The molecule has 2 aromatic rings. The molecule has 1 aromatic carbocycles. The van der Waals surface area contributed by atoms with Crippen molar-refractivity contribution in [2.24, 2.45) is 0 Å². The summed E-state index contributed by atoms with van der Waals surface area (Å²) in [5, 5.41) is 4.18. The lowest BCUT2D eigenvalue weighted by molar-refractivity contribution is 0.417. The second kappa shape index (κ2) is 6.27. The van der Waals surface area contributed by atoms with Gasteiger partial charge in [0.15, 0.2) is 0 Å². The minimum atomic E-state index is 0.284. The summed E-state index contributed by atoms with van der Waals surface area (Å²) in [6.45, 7) is 7.25. The third kappa shape index (κ3) is 3.20. The molecule has 0 aliphatic carbocycles. The number of rotatable bonds is 5. The fourth-order valence-corrected chi connectivity index (χ4v) is 2.51. The summed E-state index contributed by atoms with van der Waals surface area (Å²) in [5.41, 5.74) is 2.23. The van der Waals surface area contributed by atoms with Gasteiger partial charge in [-0.1, -0.05) is 25.4 Å². The molecule has 0 amide bonds. The van der Waals surface area contributed by atoms with Crippen molar-refractivity contribution in [1.29, 1.82) is 0 Å². The van der Waals surface area contributed by atoms with Crippen LogP contribution in [0.4, 0.5) is 0 Å². The molecule has 0 aliphatic heterocycles. The maximum atomic E-state index is 5.99. The van der Waals surface area contributed by atoms with E-state index >= 15 is 0 Å². The van der Waals surface area contributed by atoms with Crippen molar-refractivity contribution >= 4 is 11.6 Å². The van der Waals surface area contributed by atoms with E-state index in [1.807, 2.05) is 31.2 Å². The van der Waals surface area contributed by atoms with Gasteiger partial charge in [0.2, 0.25) is 0 Å². The molecular formula is C16H20ClNO. The van der Waals surface area contributed by atoms with Crippen LogP contribution in [0.2, 0.25) is 5.02 Å². The van der Waals surface area contributed by atoms with Gasteiger partial charge in [0.1, 0.15) is 11.5 Å². The second-order valence-corrected chi connectivity index (χ2v) is 5.12. The van der Waals surface area contributed by atoms with Crippen molar-refractivity contribution in [3.8, 4) is 11.3 Å². The zero-order valence-electron chi connectivity index (χ0n) is 11.7. The summed E-state index contributed by atoms with van der Waals surface area (Å²) >= 11 is 5.98. The van der Waals surface area contributed by atoms with Gasteiger partial charge in [0, 0.05) is 10.6 Å². The predicted molar refractivity (Wildman–Crippen MR) is 80.6 cm³/mol. The van der Waals surface area contributed by atoms with Crippen LogP contribution in [0.15, 0.2) is 34.7 Å². The summed E-state index contributed by atoms with van der Waals surface area (Å²) in [6, 6.07) is 10.2. The van der Waals surface area contributed by atoms with Crippen molar-refractivity contribution in [3.63, 3.8) is 0 Å². The van der Waals surface area contributed by atoms with Crippen molar-refractivity contribution in [3.05, 3.63) is 46.7 Å². The fraction of sp³-hybridized carbons (Fsp3) is 0.375. The van der Waals surface area contributed by atoms with Crippen LogP contribution in [-0.4, -0.2) is 6.54 Å². The highest BCUT2D eigenvalue weighted by Gasteiger charge is 2.14. The maximum Gasteiger partial charge on any atom is 0.134 e. The first kappa shape index (κ1) is 14.2. The lowest BCUT2D eigenvalue weighted by atomic mass is 10.1. The summed E-state index contributed by atoms with van der Waals surface area (Å²) in [4.78, 5) is 0. The van der Waals surface area contributed by atoms with Crippen LogP contribution < -0.4 is 5.32 Å². The highest BCUT2D eigenvalue weighted by Crippen LogP contribution is 2.30. The molecule has 19 heavy (non-hydrogen) atoms. The Hall–Kier alpha value is -1.25. The molecule has 1 heterocycles. The Labute approximate surface area is 119 Å². The van der Waals surface area contributed by atoms with Gasteiger partial charge in [0.05, 0.1) is 6.04 Å². The van der Waals surface area contributed by atoms with E-state index in [1.54, 1.807) is 0 Å². The zero-order valence-corrected chi connectivity index (χ0v) is 12.4. The lowest BCUT2D eigenvalue weighted by Gasteiger charge is -2.12. The highest BCUT2D eigenvalue weighted by atomic mass is 35.5. The maximum absolute atomic E-state index is 5.99. The Bertz CT molecular complexity index is 547. The Kier molecular flexibility index (Phi) is 4.67. The number of benzene rings is 1. The summed E-state index contributed by atoms with van der Waals surface area (Å²) in [7, 11) is 0. The molecule has 3 heteroatoms. The molecule has 1 atom stereocenters. The van der Waals surface area contributed by atoms with Gasteiger partial charge in [-0.15, -0.1) is 0 Å². The van der Waals surface area contributed by atoms with Gasteiger partial charge in [-0.25, -0.2) is 0 Å². The van der Waals surface area contributed by atoms with E-state index in [2.05, 4.69) is 25.2 Å². The van der Waals surface area contributed by atoms with Gasteiger partial charge in [-0.3, -0.25) is 0 Å². The molecule has 0 spiro atoms. The normalized spacial score (nSPS) is 12.6. The molecule has 0 bridgehead atoms. The highest BCUT2D eigenvalue weighted by molar-refractivity contribution is 6.30. The van der Waals surface area contributed by atoms with Gasteiger partial charge >= 0.3 is 0 Å². The number of nitrogens with one attached hydrogen (secondary N) is 1. The molecule has 0 aliphatic rings. The van der Waals surface area contributed by atoms with Crippen LogP contribution in [0, 0.1) is 6.92 Å². The number of aryl methyl sites for hydroxylation is 1. The molecule has 1 aromatic heterocycles. The Morgan fingerprint density at radius 3 is 2.63 bits per heavy atom. The van der Waals surface area contributed by atoms with Gasteiger partial charge < -0.3 is 9.73 Å². The van der Waals surface area contributed by atoms with E-state index in [0.29, 0.717) is 0 Å². The van der Waals surface area contributed by atoms with Crippen LogP contribution in [0.3, 0.4) is 0 Å². The number of halogens is 1. The van der Waals surface area contributed by atoms with Gasteiger partial charge in [-0.05, 0) is 55.8 Å². The summed E-state index contributed by atoms with van der Waals surface area (Å²) < 4.78 is 5.99. The Morgan fingerprint density at radius 2 is 2.00 bits per heavy atom. The van der Waals surface area contributed by atoms with Gasteiger partial charge in [0.25, 0.3) is 0 Å². The smallest absolute Gasteiger partial charge is 0.134 e. The van der Waals surface area contributed by atoms with Crippen molar-refractivity contribution in [2.75, 3.05) is 6.54 Å². The minimum absolute atomic E-state index is 0.284. The Balaban J connectivity index is 2.29. The number of furan rings is 1. The zero-order chi connectivity index (χ0) is 13.8. The molecule has 1 N–H and O–H groups in total. The standard InChI is InChI=1S/C16H20ClNO/c1-4-14(18-5-2)16-9-8-15(19-16)13-7-6-12(17)10-11(13)3/h6-10,14,18H,4-5H2,1-3H3. The largest absolute Gasteiger partial charge is 0.459 e. The van der Waals surface area contributed by atoms with Crippen molar-refractivity contribution < 1.29 is 4.42 Å². The van der Waals surface area contributed by atoms with Crippen LogP contribution >= 0.6 is 11.6 Å². The average molecular weight is 278 g/mol. The quantitative estimate of drug-likeness (QED) is 0.835. The topological polar surface area (TPSA) is 25.2 Å². The van der Waals surface area contributed by atoms with E-state index in [0.717, 1.165) is 40.6 Å². The van der Waals surface area contributed by atoms with Gasteiger partial charge in [-0.2, -0.15) is 0 Å². The van der Waals surface area contributed by atoms with E-state index in [-0.39, 0.29) is 6.04 Å². The predicted octanol–water partition coefficient (Wildman–Crippen LogP) is 4.97. The Morgan fingerprint density at radius 1 is 1.21 bits per heavy atom. The number of hydrogen-bond donors (Lipinski definition) is 1. The van der Waals surface area contributed by atoms with E-state index in [1.165, 1.54) is 0 Å². The molecule has 0 saturated carbocycles. The van der Waals surface area contributed by atoms with Crippen molar-refractivity contribution in [2.45, 2.75) is 33.2 Å². The molecule has 2 rings (SSSR count). The SMILES string of the molecule is CCNC(CC)c1ccc(-c2ccc(Cl)cc2C)o1. The average Bonchev–Trinajstić information content (AvgIpc) is 2.85. The lowest BCUT2D eigenvalue weighted by Crippen LogP contribution is -2.19.